The lowest BCUT2D eigenvalue weighted by Crippen LogP contribution is -2.49. The first-order valence-corrected chi connectivity index (χ1v) is 5.24. The van der Waals surface area contributed by atoms with Crippen molar-refractivity contribution in [1.29, 1.82) is 0 Å². The Bertz CT molecular complexity index is 227. The van der Waals surface area contributed by atoms with Crippen LogP contribution in [0.1, 0.15) is 19.3 Å². The first-order chi connectivity index (χ1) is 6.36. The summed E-state index contributed by atoms with van der Waals surface area (Å²) in [4.78, 5) is 11.7. The molecule has 72 valence electrons. The van der Waals surface area contributed by atoms with E-state index in [0.29, 0.717) is 31.1 Å². The van der Waals surface area contributed by atoms with Gasteiger partial charge in [-0.25, -0.2) is 0 Å². The van der Waals surface area contributed by atoms with Crippen LogP contribution >= 0.6 is 0 Å². The van der Waals surface area contributed by atoms with Gasteiger partial charge >= 0.3 is 0 Å². The number of ether oxygens (including phenoxy) is 1. The molecule has 2 saturated carbocycles. The van der Waals surface area contributed by atoms with Gasteiger partial charge in [0.2, 0.25) is 5.91 Å². The van der Waals surface area contributed by atoms with Crippen LogP contribution in [0.4, 0.5) is 0 Å². The molecule has 3 fully saturated rings. The smallest absolute Gasteiger partial charge is 0.224 e. The van der Waals surface area contributed by atoms with E-state index in [0.717, 1.165) is 11.8 Å². The van der Waals surface area contributed by atoms with Crippen molar-refractivity contribution in [2.24, 2.45) is 17.8 Å². The van der Waals surface area contributed by atoms with Gasteiger partial charge < -0.3 is 10.1 Å². The average molecular weight is 181 g/mol. The van der Waals surface area contributed by atoms with E-state index in [2.05, 4.69) is 5.32 Å². The number of carbonyl (C=O) groups is 1. The van der Waals surface area contributed by atoms with Crippen molar-refractivity contribution < 1.29 is 9.53 Å². The summed E-state index contributed by atoms with van der Waals surface area (Å²) >= 11 is 0. The van der Waals surface area contributed by atoms with Crippen LogP contribution in [-0.2, 0) is 9.53 Å². The van der Waals surface area contributed by atoms with E-state index in [1.807, 2.05) is 0 Å². The second-order valence-electron chi connectivity index (χ2n) is 4.53. The van der Waals surface area contributed by atoms with Gasteiger partial charge in [0.05, 0.1) is 19.3 Å². The third kappa shape index (κ3) is 1.17. The molecule has 3 aliphatic rings. The van der Waals surface area contributed by atoms with Gasteiger partial charge in [-0.2, -0.15) is 0 Å². The molecular weight excluding hydrogens is 166 g/mol. The maximum atomic E-state index is 11.7. The Kier molecular flexibility index (Phi) is 1.62. The summed E-state index contributed by atoms with van der Waals surface area (Å²) < 4.78 is 5.02. The molecule has 2 unspecified atom stereocenters. The Morgan fingerprint density at radius 1 is 1.23 bits per heavy atom. The predicted octanol–water partition coefficient (Wildman–Crippen LogP) is 0.547. The monoisotopic (exact) mass is 181 g/mol. The Morgan fingerprint density at radius 2 is 1.92 bits per heavy atom. The summed E-state index contributed by atoms with van der Waals surface area (Å²) in [7, 11) is 0. The average Bonchev–Trinajstić information content (AvgIpc) is 2.53. The molecule has 3 nitrogen and oxygen atoms in total. The summed E-state index contributed by atoms with van der Waals surface area (Å²) in [5.74, 6) is 2.14. The number of fused-ring (bicyclic) bond motifs is 1. The number of rotatable bonds is 2. The Labute approximate surface area is 77.8 Å². The summed E-state index contributed by atoms with van der Waals surface area (Å²) in [5, 5.41) is 3.04. The highest BCUT2D eigenvalue weighted by Crippen LogP contribution is 2.57. The van der Waals surface area contributed by atoms with Crippen LogP contribution in [0, 0.1) is 17.8 Å². The van der Waals surface area contributed by atoms with Crippen LogP contribution in [0.15, 0.2) is 0 Å². The van der Waals surface area contributed by atoms with Crippen LogP contribution in [-0.4, -0.2) is 25.2 Å². The van der Waals surface area contributed by atoms with Gasteiger partial charge in [0.15, 0.2) is 0 Å². The Hall–Kier alpha value is -0.570. The number of nitrogens with one attached hydrogen (secondary N) is 1. The van der Waals surface area contributed by atoms with E-state index in [4.69, 9.17) is 4.74 Å². The van der Waals surface area contributed by atoms with E-state index in [9.17, 15) is 4.79 Å². The van der Waals surface area contributed by atoms with Crippen LogP contribution in [0.2, 0.25) is 0 Å². The maximum Gasteiger partial charge on any atom is 0.224 e. The van der Waals surface area contributed by atoms with Gasteiger partial charge in [-0.05, 0) is 24.7 Å². The van der Waals surface area contributed by atoms with Crippen molar-refractivity contribution in [2.45, 2.75) is 25.3 Å². The summed E-state index contributed by atoms with van der Waals surface area (Å²) in [5.41, 5.74) is 0. The van der Waals surface area contributed by atoms with Crippen molar-refractivity contribution >= 4 is 5.91 Å². The molecule has 0 aromatic carbocycles. The molecule has 0 bridgehead atoms. The quantitative estimate of drug-likeness (QED) is 0.675. The maximum absolute atomic E-state index is 11.7. The topological polar surface area (TPSA) is 38.3 Å². The number of hydrogen-bond acceptors (Lipinski definition) is 2. The van der Waals surface area contributed by atoms with E-state index in [1.54, 1.807) is 0 Å². The molecule has 0 radical (unpaired) electrons. The third-order valence-corrected chi connectivity index (χ3v) is 3.69. The predicted molar refractivity (Wildman–Crippen MR) is 47.1 cm³/mol. The van der Waals surface area contributed by atoms with Crippen LogP contribution in [0.5, 0.6) is 0 Å². The van der Waals surface area contributed by atoms with Crippen LogP contribution < -0.4 is 5.32 Å². The van der Waals surface area contributed by atoms with Crippen molar-refractivity contribution in [3.05, 3.63) is 0 Å². The van der Waals surface area contributed by atoms with E-state index in [1.165, 1.54) is 19.3 Å². The molecule has 0 spiro atoms. The van der Waals surface area contributed by atoms with Crippen molar-refractivity contribution in [1.82, 2.24) is 5.32 Å². The fourth-order valence-corrected chi connectivity index (χ4v) is 2.83. The number of hydrogen-bond donors (Lipinski definition) is 1. The molecule has 2 atom stereocenters. The highest BCUT2D eigenvalue weighted by Gasteiger charge is 2.56. The summed E-state index contributed by atoms with van der Waals surface area (Å²) in [6, 6.07) is 0.314. The van der Waals surface area contributed by atoms with Crippen LogP contribution in [0.3, 0.4) is 0 Å². The molecule has 1 heterocycles. The Balaban J connectivity index is 1.52. The zero-order chi connectivity index (χ0) is 8.84. The minimum atomic E-state index is 0.294. The van der Waals surface area contributed by atoms with Gasteiger partial charge in [0.25, 0.3) is 0 Å². The summed E-state index contributed by atoms with van der Waals surface area (Å²) in [6.07, 6.45) is 3.90. The molecule has 0 aromatic heterocycles. The van der Waals surface area contributed by atoms with Gasteiger partial charge in [-0.15, -0.1) is 0 Å². The molecule has 3 heteroatoms. The lowest BCUT2D eigenvalue weighted by molar-refractivity contribution is -0.127. The van der Waals surface area contributed by atoms with E-state index < -0.39 is 0 Å². The second kappa shape index (κ2) is 2.71. The molecule has 2 aliphatic carbocycles. The second-order valence-corrected chi connectivity index (χ2v) is 4.53. The zero-order valence-corrected chi connectivity index (χ0v) is 7.66. The molecule has 1 aliphatic heterocycles. The van der Waals surface area contributed by atoms with E-state index in [-0.39, 0.29) is 0 Å². The fourth-order valence-electron chi connectivity index (χ4n) is 2.83. The van der Waals surface area contributed by atoms with Gasteiger partial charge in [0.1, 0.15) is 0 Å². The minimum Gasteiger partial charge on any atom is -0.377 e. The first kappa shape index (κ1) is 7.80. The van der Waals surface area contributed by atoms with Gasteiger partial charge in [0, 0.05) is 5.92 Å². The first-order valence-electron chi connectivity index (χ1n) is 5.24. The van der Waals surface area contributed by atoms with Crippen molar-refractivity contribution in [3.8, 4) is 0 Å². The fraction of sp³-hybridized carbons (Fsp3) is 0.900. The van der Waals surface area contributed by atoms with Crippen molar-refractivity contribution in [2.75, 3.05) is 13.2 Å². The molecule has 0 aromatic rings. The third-order valence-electron chi connectivity index (χ3n) is 3.69. The number of carbonyl (C=O) groups excluding carboxylic acids is 1. The zero-order valence-electron chi connectivity index (χ0n) is 7.66. The molecule has 1 saturated heterocycles. The van der Waals surface area contributed by atoms with Gasteiger partial charge in [-0.3, -0.25) is 4.79 Å². The van der Waals surface area contributed by atoms with E-state index >= 15 is 0 Å². The normalized spacial score (nSPS) is 42.3. The molecule has 3 rings (SSSR count). The van der Waals surface area contributed by atoms with Gasteiger partial charge in [-0.1, -0.05) is 6.42 Å². The highest BCUT2D eigenvalue weighted by atomic mass is 16.5. The largest absolute Gasteiger partial charge is 0.377 e. The Morgan fingerprint density at radius 3 is 2.46 bits per heavy atom. The summed E-state index contributed by atoms with van der Waals surface area (Å²) in [6.45, 7) is 1.43. The number of amides is 1. The molecule has 13 heavy (non-hydrogen) atoms. The minimum absolute atomic E-state index is 0.294. The van der Waals surface area contributed by atoms with Crippen molar-refractivity contribution in [3.63, 3.8) is 0 Å². The lowest BCUT2D eigenvalue weighted by atomic mass is 10.1. The SMILES string of the molecule is O=C(NC1COC1)C1C2CCCC21. The molecular formula is C10H15NO2. The molecule has 1 amide bonds. The highest BCUT2D eigenvalue weighted by molar-refractivity contribution is 5.82. The standard InChI is InChI=1S/C10H15NO2/c12-10(11-6-4-13-5-6)9-7-2-1-3-8(7)9/h6-9H,1-5H2,(H,11,12). The van der Waals surface area contributed by atoms with Crippen LogP contribution in [0.25, 0.3) is 0 Å². The molecule has 1 N–H and O–H groups in total. The lowest BCUT2D eigenvalue weighted by Gasteiger charge is -2.27.